The second-order valence-corrected chi connectivity index (χ2v) is 4.83. The summed E-state index contributed by atoms with van der Waals surface area (Å²) in [6.45, 7) is 4.29. The molecule has 0 amide bonds. The molecule has 0 fully saturated rings. The second-order valence-electron chi connectivity index (χ2n) is 4.83. The number of benzene rings is 2. The Bertz CT molecular complexity index is 633. The van der Waals surface area contributed by atoms with Crippen molar-refractivity contribution in [3.8, 4) is 16.9 Å². The Kier molecular flexibility index (Phi) is 4.95. The molecule has 0 unspecified atom stereocenters. The summed E-state index contributed by atoms with van der Waals surface area (Å²) in [6, 6.07) is 13.9. The lowest BCUT2D eigenvalue weighted by Crippen LogP contribution is -2.18. The summed E-state index contributed by atoms with van der Waals surface area (Å²) in [5.74, 6) is 0.355. The van der Waals surface area contributed by atoms with Gasteiger partial charge in [-0.25, -0.2) is 0 Å². The van der Waals surface area contributed by atoms with E-state index in [2.05, 4.69) is 22.7 Å². The van der Waals surface area contributed by atoms with Crippen molar-refractivity contribution in [3.05, 3.63) is 53.6 Å². The van der Waals surface area contributed by atoms with Gasteiger partial charge in [-0.3, -0.25) is 5.43 Å². The Morgan fingerprint density at radius 1 is 1.14 bits per heavy atom. The third kappa shape index (κ3) is 3.61. The van der Waals surface area contributed by atoms with E-state index in [-0.39, 0.29) is 0 Å². The fourth-order valence-corrected chi connectivity index (χ4v) is 2.18. The van der Waals surface area contributed by atoms with Gasteiger partial charge in [0.2, 0.25) is 0 Å². The van der Waals surface area contributed by atoms with Gasteiger partial charge in [0.25, 0.3) is 0 Å². The molecule has 0 saturated carbocycles. The van der Waals surface area contributed by atoms with E-state index in [0.29, 0.717) is 12.4 Å². The van der Waals surface area contributed by atoms with E-state index in [4.69, 9.17) is 5.73 Å². The SMILES string of the molecule is CCc1cc(-c2ccc(/C(C)=N/NCN)cc2)ccc1O. The average Bonchev–Trinajstić information content (AvgIpc) is 2.53. The molecule has 0 bridgehead atoms. The van der Waals surface area contributed by atoms with Gasteiger partial charge in [0.1, 0.15) is 5.75 Å². The normalized spacial score (nSPS) is 11.5. The van der Waals surface area contributed by atoms with E-state index >= 15 is 0 Å². The Balaban J connectivity index is 2.26. The number of hydrazone groups is 1. The van der Waals surface area contributed by atoms with E-state index in [1.54, 1.807) is 6.07 Å². The molecule has 0 spiro atoms. The summed E-state index contributed by atoms with van der Waals surface area (Å²) in [7, 11) is 0. The van der Waals surface area contributed by atoms with Gasteiger partial charge < -0.3 is 10.8 Å². The first kappa shape index (κ1) is 15.1. The highest BCUT2D eigenvalue weighted by molar-refractivity contribution is 5.98. The number of phenolic OH excluding ortho intramolecular Hbond substituents is 1. The third-order valence-electron chi connectivity index (χ3n) is 3.43. The molecule has 0 aliphatic heterocycles. The summed E-state index contributed by atoms with van der Waals surface area (Å²) >= 11 is 0. The summed E-state index contributed by atoms with van der Waals surface area (Å²) in [5, 5.41) is 13.9. The topological polar surface area (TPSA) is 70.6 Å². The molecular formula is C17H21N3O. The third-order valence-corrected chi connectivity index (χ3v) is 3.43. The van der Waals surface area contributed by atoms with Crippen LogP contribution in [0.3, 0.4) is 0 Å². The number of phenols is 1. The number of nitrogens with zero attached hydrogens (tertiary/aromatic N) is 1. The zero-order valence-electron chi connectivity index (χ0n) is 12.4. The first-order valence-corrected chi connectivity index (χ1v) is 7.05. The van der Waals surface area contributed by atoms with Crippen LogP contribution in [-0.2, 0) is 6.42 Å². The van der Waals surface area contributed by atoms with Crippen molar-refractivity contribution in [3.63, 3.8) is 0 Å². The van der Waals surface area contributed by atoms with Gasteiger partial charge in [0, 0.05) is 0 Å². The molecule has 2 rings (SSSR count). The molecular weight excluding hydrogens is 262 g/mol. The number of nitrogens with two attached hydrogens (primary N) is 1. The van der Waals surface area contributed by atoms with Crippen LogP contribution in [0, 0.1) is 0 Å². The van der Waals surface area contributed by atoms with E-state index in [1.807, 2.05) is 38.1 Å². The number of rotatable bonds is 5. The van der Waals surface area contributed by atoms with Crippen molar-refractivity contribution in [2.75, 3.05) is 6.67 Å². The molecule has 4 nitrogen and oxygen atoms in total. The van der Waals surface area contributed by atoms with Crippen LogP contribution < -0.4 is 11.2 Å². The van der Waals surface area contributed by atoms with Crippen LogP contribution in [0.25, 0.3) is 11.1 Å². The lowest BCUT2D eigenvalue weighted by atomic mass is 9.99. The van der Waals surface area contributed by atoms with Crippen molar-refractivity contribution in [1.82, 2.24) is 5.43 Å². The molecule has 21 heavy (non-hydrogen) atoms. The monoisotopic (exact) mass is 283 g/mol. The van der Waals surface area contributed by atoms with Crippen LogP contribution >= 0.6 is 0 Å². The van der Waals surface area contributed by atoms with Crippen LogP contribution in [0.2, 0.25) is 0 Å². The largest absolute Gasteiger partial charge is 0.508 e. The van der Waals surface area contributed by atoms with Crippen molar-refractivity contribution in [2.45, 2.75) is 20.3 Å². The van der Waals surface area contributed by atoms with Crippen molar-refractivity contribution in [1.29, 1.82) is 0 Å². The van der Waals surface area contributed by atoms with Crippen molar-refractivity contribution >= 4 is 5.71 Å². The van der Waals surface area contributed by atoms with E-state index < -0.39 is 0 Å². The highest BCUT2D eigenvalue weighted by Gasteiger charge is 2.04. The number of hydrogen-bond acceptors (Lipinski definition) is 4. The molecule has 0 saturated heterocycles. The van der Waals surface area contributed by atoms with Gasteiger partial charge in [0.15, 0.2) is 0 Å². The van der Waals surface area contributed by atoms with Gasteiger partial charge >= 0.3 is 0 Å². The molecule has 110 valence electrons. The fourth-order valence-electron chi connectivity index (χ4n) is 2.18. The van der Waals surface area contributed by atoms with Crippen LogP contribution in [0.1, 0.15) is 25.0 Å². The predicted molar refractivity (Wildman–Crippen MR) is 87.3 cm³/mol. The zero-order valence-corrected chi connectivity index (χ0v) is 12.4. The van der Waals surface area contributed by atoms with Crippen molar-refractivity contribution in [2.24, 2.45) is 10.8 Å². The number of nitrogens with one attached hydrogen (secondary N) is 1. The molecule has 0 aliphatic rings. The minimum Gasteiger partial charge on any atom is -0.508 e. The first-order valence-electron chi connectivity index (χ1n) is 7.05. The Morgan fingerprint density at radius 2 is 1.81 bits per heavy atom. The summed E-state index contributed by atoms with van der Waals surface area (Å²) in [6.07, 6.45) is 0.814. The van der Waals surface area contributed by atoms with Crippen LogP contribution in [0.15, 0.2) is 47.6 Å². The second kappa shape index (κ2) is 6.90. The predicted octanol–water partition coefficient (Wildman–Crippen LogP) is 2.85. The minimum absolute atomic E-state index is 0.322. The van der Waals surface area contributed by atoms with Gasteiger partial charge in [0.05, 0.1) is 12.4 Å². The van der Waals surface area contributed by atoms with Gasteiger partial charge in [-0.1, -0.05) is 37.3 Å². The number of aromatic hydroxyl groups is 1. The van der Waals surface area contributed by atoms with Crippen LogP contribution in [-0.4, -0.2) is 17.5 Å². The Labute approximate surface area is 125 Å². The quantitative estimate of drug-likeness (QED) is 0.449. The molecule has 4 N–H and O–H groups in total. The fraction of sp³-hybridized carbons (Fsp3) is 0.235. The molecule has 0 radical (unpaired) electrons. The molecule has 0 heterocycles. The molecule has 4 heteroatoms. The lowest BCUT2D eigenvalue weighted by molar-refractivity contribution is 0.469. The minimum atomic E-state index is 0.322. The summed E-state index contributed by atoms with van der Waals surface area (Å²) in [5.41, 5.74) is 13.2. The summed E-state index contributed by atoms with van der Waals surface area (Å²) < 4.78 is 0. The van der Waals surface area contributed by atoms with Crippen LogP contribution in [0.4, 0.5) is 0 Å². The average molecular weight is 283 g/mol. The molecule has 0 aromatic heterocycles. The highest BCUT2D eigenvalue weighted by Crippen LogP contribution is 2.26. The van der Waals surface area contributed by atoms with Gasteiger partial charge in [-0.05, 0) is 47.7 Å². The smallest absolute Gasteiger partial charge is 0.118 e. The summed E-state index contributed by atoms with van der Waals surface area (Å²) in [4.78, 5) is 0. The maximum Gasteiger partial charge on any atom is 0.118 e. The molecule has 0 atom stereocenters. The zero-order chi connectivity index (χ0) is 15.2. The lowest BCUT2D eigenvalue weighted by Gasteiger charge is -2.08. The Hall–Kier alpha value is -2.33. The maximum absolute atomic E-state index is 9.75. The molecule has 2 aromatic carbocycles. The molecule has 0 aliphatic carbocycles. The van der Waals surface area contributed by atoms with Crippen LogP contribution in [0.5, 0.6) is 5.75 Å². The highest BCUT2D eigenvalue weighted by atomic mass is 16.3. The van der Waals surface area contributed by atoms with E-state index in [9.17, 15) is 5.11 Å². The number of hydrogen-bond donors (Lipinski definition) is 3. The van der Waals surface area contributed by atoms with E-state index in [0.717, 1.165) is 34.4 Å². The molecule has 2 aromatic rings. The van der Waals surface area contributed by atoms with Crippen molar-refractivity contribution < 1.29 is 5.11 Å². The van der Waals surface area contributed by atoms with E-state index in [1.165, 1.54) is 0 Å². The van der Waals surface area contributed by atoms with Gasteiger partial charge in [-0.15, -0.1) is 0 Å². The van der Waals surface area contributed by atoms with Gasteiger partial charge in [-0.2, -0.15) is 5.10 Å². The maximum atomic E-state index is 9.75. The standard InChI is InChI=1S/C17H21N3O/c1-3-13-10-16(8-9-17(13)21)15-6-4-14(5-7-15)12(2)20-19-11-18/h4-10,19,21H,3,11,18H2,1-2H3/b20-12+. The Morgan fingerprint density at radius 3 is 2.43 bits per heavy atom. The number of aryl methyl sites for hydroxylation is 1. The first-order chi connectivity index (χ1) is 10.2.